The van der Waals surface area contributed by atoms with Gasteiger partial charge in [-0.15, -0.1) is 0 Å². The molecule has 5 heteroatoms. The second-order valence-electron chi connectivity index (χ2n) is 6.58. The molecule has 1 N–H and O–H groups in total. The number of amides is 1. The molecule has 1 amide bonds. The highest BCUT2D eigenvalue weighted by Crippen LogP contribution is 2.28. The normalized spacial score (nSPS) is 17.2. The van der Waals surface area contributed by atoms with Gasteiger partial charge in [-0.1, -0.05) is 40.2 Å². The third-order valence-electron chi connectivity index (χ3n) is 4.76. The second-order valence-corrected chi connectivity index (χ2v) is 7.44. The minimum Gasteiger partial charge on any atom is -0.355 e. The molecule has 0 aliphatic carbocycles. The van der Waals surface area contributed by atoms with E-state index in [4.69, 9.17) is 0 Å². The molecule has 2 aromatic rings. The zero-order valence-electron chi connectivity index (χ0n) is 14.3. The maximum absolute atomic E-state index is 13.2. The SMILES string of the molecule is CN1Cc2cccc(Br)c2C[C@@H]1CNC(=O)CCc1cccc(F)c1. The van der Waals surface area contributed by atoms with Crippen LogP contribution in [0.2, 0.25) is 0 Å². The fourth-order valence-electron chi connectivity index (χ4n) is 3.27. The van der Waals surface area contributed by atoms with E-state index in [0.29, 0.717) is 19.4 Å². The van der Waals surface area contributed by atoms with Crippen LogP contribution in [0.1, 0.15) is 23.1 Å². The first-order chi connectivity index (χ1) is 12.0. The lowest BCUT2D eigenvalue weighted by Crippen LogP contribution is -2.45. The van der Waals surface area contributed by atoms with Gasteiger partial charge in [-0.3, -0.25) is 9.69 Å². The number of benzene rings is 2. The molecule has 0 saturated carbocycles. The van der Waals surface area contributed by atoms with Gasteiger partial charge in [-0.25, -0.2) is 4.39 Å². The highest BCUT2D eigenvalue weighted by Gasteiger charge is 2.24. The summed E-state index contributed by atoms with van der Waals surface area (Å²) < 4.78 is 14.3. The molecule has 0 spiro atoms. The van der Waals surface area contributed by atoms with Crippen LogP contribution in [0.25, 0.3) is 0 Å². The van der Waals surface area contributed by atoms with E-state index in [-0.39, 0.29) is 17.8 Å². The molecule has 0 saturated heterocycles. The summed E-state index contributed by atoms with van der Waals surface area (Å²) in [5.41, 5.74) is 3.52. The van der Waals surface area contributed by atoms with Crippen molar-refractivity contribution in [2.24, 2.45) is 0 Å². The fraction of sp³-hybridized carbons (Fsp3) is 0.350. The van der Waals surface area contributed by atoms with Gasteiger partial charge in [0.15, 0.2) is 0 Å². The summed E-state index contributed by atoms with van der Waals surface area (Å²) in [7, 11) is 2.09. The Balaban J connectivity index is 1.51. The topological polar surface area (TPSA) is 32.3 Å². The van der Waals surface area contributed by atoms with E-state index in [1.54, 1.807) is 6.07 Å². The van der Waals surface area contributed by atoms with Crippen molar-refractivity contribution in [3.63, 3.8) is 0 Å². The van der Waals surface area contributed by atoms with Gasteiger partial charge < -0.3 is 5.32 Å². The Morgan fingerprint density at radius 2 is 2.12 bits per heavy atom. The lowest BCUT2D eigenvalue weighted by molar-refractivity contribution is -0.121. The molecule has 3 rings (SSSR count). The number of hydrogen-bond donors (Lipinski definition) is 1. The molecule has 0 aromatic heterocycles. The van der Waals surface area contributed by atoms with Gasteiger partial charge in [0.1, 0.15) is 5.82 Å². The van der Waals surface area contributed by atoms with Crippen molar-refractivity contribution in [1.29, 1.82) is 0 Å². The Morgan fingerprint density at radius 1 is 1.32 bits per heavy atom. The minimum absolute atomic E-state index is 0.00980. The number of aryl methyl sites for hydroxylation is 1. The van der Waals surface area contributed by atoms with Crippen LogP contribution in [0.4, 0.5) is 4.39 Å². The Labute approximate surface area is 156 Å². The van der Waals surface area contributed by atoms with Crippen LogP contribution in [0.15, 0.2) is 46.9 Å². The van der Waals surface area contributed by atoms with Crippen molar-refractivity contribution >= 4 is 21.8 Å². The number of nitrogens with one attached hydrogen (secondary N) is 1. The molecule has 2 aromatic carbocycles. The predicted molar refractivity (Wildman–Crippen MR) is 101 cm³/mol. The van der Waals surface area contributed by atoms with Crippen LogP contribution in [-0.4, -0.2) is 30.4 Å². The van der Waals surface area contributed by atoms with Gasteiger partial charge in [0.25, 0.3) is 0 Å². The van der Waals surface area contributed by atoms with E-state index in [0.717, 1.165) is 23.0 Å². The van der Waals surface area contributed by atoms with Gasteiger partial charge in [0.05, 0.1) is 0 Å². The predicted octanol–water partition coefficient (Wildman–Crippen LogP) is 3.69. The Morgan fingerprint density at radius 3 is 2.92 bits per heavy atom. The quantitative estimate of drug-likeness (QED) is 0.823. The average molecular weight is 405 g/mol. The molecule has 0 bridgehead atoms. The van der Waals surface area contributed by atoms with Gasteiger partial charge in [-0.2, -0.15) is 0 Å². The smallest absolute Gasteiger partial charge is 0.220 e. The zero-order valence-corrected chi connectivity index (χ0v) is 15.9. The lowest BCUT2D eigenvalue weighted by Gasteiger charge is -2.34. The van der Waals surface area contributed by atoms with Gasteiger partial charge >= 0.3 is 0 Å². The summed E-state index contributed by atoms with van der Waals surface area (Å²) in [4.78, 5) is 14.4. The number of carbonyl (C=O) groups is 1. The second kappa shape index (κ2) is 8.11. The standard InChI is InChI=1S/C20H22BrFN2O/c1-24-13-15-5-3-7-19(21)18(15)11-17(24)12-23-20(25)9-8-14-4-2-6-16(22)10-14/h2-7,10,17H,8-9,11-13H2,1H3,(H,23,25)/t17-/m1/s1. The van der Waals surface area contributed by atoms with Crippen molar-refractivity contribution in [1.82, 2.24) is 10.2 Å². The summed E-state index contributed by atoms with van der Waals surface area (Å²) in [5, 5.41) is 3.03. The molecule has 3 nitrogen and oxygen atoms in total. The van der Waals surface area contributed by atoms with Crippen molar-refractivity contribution in [3.8, 4) is 0 Å². The number of hydrogen-bond acceptors (Lipinski definition) is 2. The summed E-state index contributed by atoms with van der Waals surface area (Å²) in [6, 6.07) is 13.0. The Bertz CT molecular complexity index is 765. The highest BCUT2D eigenvalue weighted by molar-refractivity contribution is 9.10. The van der Waals surface area contributed by atoms with E-state index >= 15 is 0 Å². The molecule has 1 atom stereocenters. The monoisotopic (exact) mass is 404 g/mol. The summed E-state index contributed by atoms with van der Waals surface area (Å²) in [6.07, 6.45) is 1.84. The number of halogens is 2. The first kappa shape index (κ1) is 18.1. The maximum atomic E-state index is 13.2. The van der Waals surface area contributed by atoms with Crippen molar-refractivity contribution in [2.45, 2.75) is 31.8 Å². The maximum Gasteiger partial charge on any atom is 0.220 e. The molecule has 132 valence electrons. The molecule has 0 unspecified atom stereocenters. The van der Waals surface area contributed by atoms with Crippen LogP contribution >= 0.6 is 15.9 Å². The molecular weight excluding hydrogens is 383 g/mol. The molecule has 0 fully saturated rings. The number of fused-ring (bicyclic) bond motifs is 1. The summed E-state index contributed by atoms with van der Waals surface area (Å²) in [6.45, 7) is 1.51. The average Bonchev–Trinajstić information content (AvgIpc) is 2.59. The van der Waals surface area contributed by atoms with Gasteiger partial charge in [0.2, 0.25) is 5.91 Å². The molecule has 0 radical (unpaired) electrons. The van der Waals surface area contributed by atoms with E-state index in [1.807, 2.05) is 6.07 Å². The van der Waals surface area contributed by atoms with Crippen molar-refractivity contribution in [2.75, 3.05) is 13.6 Å². The highest BCUT2D eigenvalue weighted by atomic mass is 79.9. The van der Waals surface area contributed by atoms with Crippen LogP contribution in [0, 0.1) is 5.82 Å². The first-order valence-electron chi connectivity index (χ1n) is 8.50. The van der Waals surface area contributed by atoms with E-state index < -0.39 is 0 Å². The van der Waals surface area contributed by atoms with Crippen LogP contribution in [-0.2, 0) is 24.2 Å². The van der Waals surface area contributed by atoms with Gasteiger partial charge in [-0.05, 0) is 54.8 Å². The summed E-state index contributed by atoms with van der Waals surface area (Å²) >= 11 is 3.63. The lowest BCUT2D eigenvalue weighted by atomic mass is 9.94. The number of rotatable bonds is 5. The Hall–Kier alpha value is -1.72. The molecule has 25 heavy (non-hydrogen) atoms. The van der Waals surface area contributed by atoms with E-state index in [2.05, 4.69) is 51.4 Å². The van der Waals surface area contributed by atoms with Crippen LogP contribution in [0.3, 0.4) is 0 Å². The van der Waals surface area contributed by atoms with Crippen LogP contribution < -0.4 is 5.32 Å². The number of carbonyl (C=O) groups excluding carboxylic acids is 1. The van der Waals surface area contributed by atoms with Gasteiger partial charge in [0, 0.05) is 30.0 Å². The molecule has 1 aliphatic heterocycles. The van der Waals surface area contributed by atoms with E-state index in [1.165, 1.54) is 23.3 Å². The third-order valence-corrected chi connectivity index (χ3v) is 5.51. The Kier molecular flexibility index (Phi) is 5.86. The van der Waals surface area contributed by atoms with E-state index in [9.17, 15) is 9.18 Å². The fourth-order valence-corrected chi connectivity index (χ4v) is 3.84. The molecule has 1 heterocycles. The largest absolute Gasteiger partial charge is 0.355 e. The number of likely N-dealkylation sites (N-methyl/N-ethyl adjacent to an activating group) is 1. The first-order valence-corrected chi connectivity index (χ1v) is 9.30. The molecular formula is C20H22BrFN2O. The molecule has 1 aliphatic rings. The summed E-state index contributed by atoms with van der Waals surface area (Å²) in [5.74, 6) is -0.249. The number of nitrogens with zero attached hydrogens (tertiary/aromatic N) is 1. The zero-order chi connectivity index (χ0) is 17.8. The van der Waals surface area contributed by atoms with Crippen molar-refractivity contribution in [3.05, 3.63) is 69.4 Å². The van der Waals surface area contributed by atoms with Crippen molar-refractivity contribution < 1.29 is 9.18 Å². The third kappa shape index (κ3) is 4.67. The van der Waals surface area contributed by atoms with Crippen LogP contribution in [0.5, 0.6) is 0 Å². The minimum atomic E-state index is -0.258.